The van der Waals surface area contributed by atoms with Crippen molar-refractivity contribution < 1.29 is 4.74 Å². The van der Waals surface area contributed by atoms with Crippen molar-refractivity contribution in [3.05, 3.63) is 53.2 Å². The van der Waals surface area contributed by atoms with E-state index in [1.807, 2.05) is 30.3 Å². The number of aromatic nitrogens is 1. The standard InChI is InChI=1S/C18H22ClNO/c1-5-14-10-13(12-19)11-17(20-14)21-16-9-7-6-8-15(16)18(2,3)4/h6-11H,5,12H2,1-4H3. The first-order chi connectivity index (χ1) is 9.94. The zero-order valence-corrected chi connectivity index (χ0v) is 13.9. The van der Waals surface area contributed by atoms with Crippen LogP contribution >= 0.6 is 11.6 Å². The second-order valence-corrected chi connectivity index (χ2v) is 6.41. The van der Waals surface area contributed by atoms with Crippen LogP contribution in [-0.4, -0.2) is 4.98 Å². The Morgan fingerprint density at radius 3 is 2.48 bits per heavy atom. The summed E-state index contributed by atoms with van der Waals surface area (Å²) in [5, 5.41) is 0. The highest BCUT2D eigenvalue weighted by Crippen LogP contribution is 2.33. The van der Waals surface area contributed by atoms with Crippen molar-refractivity contribution in [3.8, 4) is 11.6 Å². The molecule has 0 N–H and O–H groups in total. The maximum Gasteiger partial charge on any atom is 0.219 e. The van der Waals surface area contributed by atoms with E-state index in [0.717, 1.165) is 23.4 Å². The van der Waals surface area contributed by atoms with Crippen molar-refractivity contribution in [1.82, 2.24) is 4.98 Å². The topological polar surface area (TPSA) is 22.1 Å². The fraction of sp³-hybridized carbons (Fsp3) is 0.389. The number of para-hydroxylation sites is 1. The molecule has 0 atom stereocenters. The molecule has 0 unspecified atom stereocenters. The number of nitrogens with zero attached hydrogens (tertiary/aromatic N) is 1. The molecule has 0 aliphatic carbocycles. The second-order valence-electron chi connectivity index (χ2n) is 6.14. The van der Waals surface area contributed by atoms with Crippen molar-refractivity contribution >= 4 is 11.6 Å². The Balaban J connectivity index is 2.39. The number of alkyl halides is 1. The van der Waals surface area contributed by atoms with E-state index >= 15 is 0 Å². The monoisotopic (exact) mass is 303 g/mol. The molecule has 1 aromatic carbocycles. The molecule has 0 aliphatic rings. The maximum atomic E-state index is 6.05. The SMILES string of the molecule is CCc1cc(CCl)cc(Oc2ccccc2C(C)(C)C)n1. The molecule has 3 heteroatoms. The van der Waals surface area contributed by atoms with Crippen LogP contribution in [0.4, 0.5) is 0 Å². The van der Waals surface area contributed by atoms with Gasteiger partial charge in [0.15, 0.2) is 0 Å². The van der Waals surface area contributed by atoms with Crippen LogP contribution in [0.3, 0.4) is 0 Å². The van der Waals surface area contributed by atoms with Gasteiger partial charge < -0.3 is 4.74 Å². The molecule has 2 aromatic rings. The van der Waals surface area contributed by atoms with Crippen LogP contribution in [0, 0.1) is 0 Å². The van der Waals surface area contributed by atoms with Gasteiger partial charge in [-0.25, -0.2) is 4.98 Å². The van der Waals surface area contributed by atoms with Gasteiger partial charge in [-0.2, -0.15) is 0 Å². The summed E-state index contributed by atoms with van der Waals surface area (Å²) < 4.78 is 6.05. The van der Waals surface area contributed by atoms with Gasteiger partial charge in [-0.3, -0.25) is 0 Å². The third kappa shape index (κ3) is 3.98. The first kappa shape index (κ1) is 15.8. The zero-order chi connectivity index (χ0) is 15.5. The Bertz CT molecular complexity index is 595. The minimum atomic E-state index is 0.0221. The predicted molar refractivity (Wildman–Crippen MR) is 88.4 cm³/mol. The highest BCUT2D eigenvalue weighted by atomic mass is 35.5. The molecule has 1 heterocycles. The first-order valence-corrected chi connectivity index (χ1v) is 7.80. The molecule has 0 fully saturated rings. The largest absolute Gasteiger partial charge is 0.439 e. The van der Waals surface area contributed by atoms with Crippen LogP contribution in [0.15, 0.2) is 36.4 Å². The minimum absolute atomic E-state index is 0.0221. The van der Waals surface area contributed by atoms with Gasteiger partial charge in [0.25, 0.3) is 0 Å². The van der Waals surface area contributed by atoms with E-state index in [0.29, 0.717) is 11.8 Å². The molecular weight excluding hydrogens is 282 g/mol. The molecule has 0 spiro atoms. The summed E-state index contributed by atoms with van der Waals surface area (Å²) in [6.45, 7) is 8.60. The highest BCUT2D eigenvalue weighted by molar-refractivity contribution is 6.17. The Hall–Kier alpha value is -1.54. The lowest BCUT2D eigenvalue weighted by molar-refractivity contribution is 0.438. The van der Waals surface area contributed by atoms with Gasteiger partial charge in [0, 0.05) is 23.2 Å². The van der Waals surface area contributed by atoms with E-state index < -0.39 is 0 Å². The Labute approximate surface area is 132 Å². The summed E-state index contributed by atoms with van der Waals surface area (Å²) >= 11 is 5.95. The van der Waals surface area contributed by atoms with Gasteiger partial charge in [-0.1, -0.05) is 45.9 Å². The van der Waals surface area contributed by atoms with Gasteiger partial charge >= 0.3 is 0 Å². The van der Waals surface area contributed by atoms with E-state index in [2.05, 4.69) is 38.7 Å². The lowest BCUT2D eigenvalue weighted by Gasteiger charge is -2.22. The molecule has 0 saturated carbocycles. The lowest BCUT2D eigenvalue weighted by atomic mass is 9.86. The van der Waals surface area contributed by atoms with Crippen LogP contribution in [0.2, 0.25) is 0 Å². The molecule has 1 aromatic heterocycles. The average Bonchev–Trinajstić information content (AvgIpc) is 2.46. The smallest absolute Gasteiger partial charge is 0.219 e. The Kier molecular flexibility index (Phi) is 4.89. The van der Waals surface area contributed by atoms with E-state index in [1.54, 1.807) is 0 Å². The molecule has 112 valence electrons. The minimum Gasteiger partial charge on any atom is -0.439 e. The average molecular weight is 304 g/mol. The molecule has 2 rings (SSSR count). The molecule has 0 bridgehead atoms. The van der Waals surface area contributed by atoms with E-state index in [1.165, 1.54) is 5.56 Å². The number of hydrogen-bond acceptors (Lipinski definition) is 2. The van der Waals surface area contributed by atoms with Crippen molar-refractivity contribution in [2.45, 2.75) is 45.4 Å². The fourth-order valence-electron chi connectivity index (χ4n) is 2.22. The molecule has 0 amide bonds. The van der Waals surface area contributed by atoms with Crippen LogP contribution < -0.4 is 4.74 Å². The first-order valence-electron chi connectivity index (χ1n) is 7.27. The van der Waals surface area contributed by atoms with E-state index in [9.17, 15) is 0 Å². The predicted octanol–water partition coefficient (Wildman–Crippen LogP) is 5.47. The number of pyridine rings is 1. The molecule has 0 radical (unpaired) electrons. The number of rotatable bonds is 4. The summed E-state index contributed by atoms with van der Waals surface area (Å²) in [6, 6.07) is 12.0. The quantitative estimate of drug-likeness (QED) is 0.698. The number of ether oxygens (including phenoxy) is 1. The Morgan fingerprint density at radius 2 is 1.86 bits per heavy atom. The van der Waals surface area contributed by atoms with Crippen molar-refractivity contribution in [1.29, 1.82) is 0 Å². The molecule has 21 heavy (non-hydrogen) atoms. The summed E-state index contributed by atoms with van der Waals surface area (Å²) in [4.78, 5) is 4.54. The highest BCUT2D eigenvalue weighted by Gasteiger charge is 2.19. The normalized spacial score (nSPS) is 11.5. The molecule has 0 aliphatic heterocycles. The van der Waals surface area contributed by atoms with Crippen molar-refractivity contribution in [2.75, 3.05) is 0 Å². The van der Waals surface area contributed by atoms with Crippen molar-refractivity contribution in [3.63, 3.8) is 0 Å². The van der Waals surface area contributed by atoms with Gasteiger partial charge in [-0.15, -0.1) is 11.6 Å². The third-order valence-electron chi connectivity index (χ3n) is 3.34. The summed E-state index contributed by atoms with van der Waals surface area (Å²) in [5.41, 5.74) is 3.22. The van der Waals surface area contributed by atoms with Gasteiger partial charge in [0.05, 0.1) is 0 Å². The fourth-order valence-corrected chi connectivity index (χ4v) is 2.37. The van der Waals surface area contributed by atoms with E-state index in [-0.39, 0.29) is 5.41 Å². The van der Waals surface area contributed by atoms with E-state index in [4.69, 9.17) is 16.3 Å². The molecule has 2 nitrogen and oxygen atoms in total. The summed E-state index contributed by atoms with van der Waals surface area (Å²) in [7, 11) is 0. The summed E-state index contributed by atoms with van der Waals surface area (Å²) in [5.74, 6) is 1.93. The lowest BCUT2D eigenvalue weighted by Crippen LogP contribution is -2.12. The van der Waals surface area contributed by atoms with Gasteiger partial charge in [-0.05, 0) is 29.5 Å². The Morgan fingerprint density at radius 1 is 1.14 bits per heavy atom. The summed E-state index contributed by atoms with van der Waals surface area (Å²) in [6.07, 6.45) is 0.863. The molecule has 0 saturated heterocycles. The van der Waals surface area contributed by atoms with Gasteiger partial charge in [0.1, 0.15) is 5.75 Å². The number of aryl methyl sites for hydroxylation is 1. The van der Waals surface area contributed by atoms with Gasteiger partial charge in [0.2, 0.25) is 5.88 Å². The van der Waals surface area contributed by atoms with Crippen molar-refractivity contribution in [2.24, 2.45) is 0 Å². The van der Waals surface area contributed by atoms with Crippen LogP contribution in [-0.2, 0) is 17.7 Å². The number of hydrogen-bond donors (Lipinski definition) is 0. The second kappa shape index (κ2) is 6.48. The third-order valence-corrected chi connectivity index (χ3v) is 3.65. The van der Waals surface area contributed by atoms with Crippen LogP contribution in [0.5, 0.6) is 11.6 Å². The maximum absolute atomic E-state index is 6.05. The van der Waals surface area contributed by atoms with Crippen LogP contribution in [0.1, 0.15) is 44.5 Å². The van der Waals surface area contributed by atoms with Crippen LogP contribution in [0.25, 0.3) is 0 Å². The number of benzene rings is 1. The molecular formula is C18H22ClNO. The zero-order valence-electron chi connectivity index (χ0n) is 13.1. The number of halogens is 1.